The molecule has 80 valence electrons. The van der Waals surface area contributed by atoms with Gasteiger partial charge in [0.05, 0.1) is 23.7 Å². The maximum Gasteiger partial charge on any atom is 0.292 e. The third-order valence-electron chi connectivity index (χ3n) is 1.67. The van der Waals surface area contributed by atoms with Gasteiger partial charge in [-0.2, -0.15) is 0 Å². The van der Waals surface area contributed by atoms with Crippen molar-refractivity contribution in [2.24, 2.45) is 0 Å². The molecule has 0 amide bonds. The van der Waals surface area contributed by atoms with E-state index in [9.17, 15) is 14.9 Å². The molecule has 0 bridgehead atoms. The predicted molar refractivity (Wildman–Crippen MR) is 54.8 cm³/mol. The largest absolute Gasteiger partial charge is 0.496 e. The minimum Gasteiger partial charge on any atom is -0.496 e. The quantitative estimate of drug-likeness (QED) is 0.469. The molecule has 7 heteroatoms. The Morgan fingerprint density at radius 3 is 2.53 bits per heavy atom. The second-order valence-corrected chi connectivity index (χ2v) is 3.26. The third kappa shape index (κ3) is 2.37. The van der Waals surface area contributed by atoms with Gasteiger partial charge in [-0.05, 0) is 17.7 Å². The Balaban J connectivity index is 3.47. The van der Waals surface area contributed by atoms with E-state index in [1.165, 1.54) is 13.2 Å². The zero-order valence-electron chi connectivity index (χ0n) is 7.49. The molecule has 0 aliphatic heterocycles. The number of benzene rings is 1. The van der Waals surface area contributed by atoms with E-state index in [1.807, 2.05) is 0 Å². The molecule has 0 atom stereocenters. The molecule has 0 aliphatic rings. The second-order valence-electron chi connectivity index (χ2n) is 2.54. The van der Waals surface area contributed by atoms with Crippen LogP contribution in [0.25, 0.3) is 0 Å². The summed E-state index contributed by atoms with van der Waals surface area (Å²) < 4.78 is 4.78. The van der Waals surface area contributed by atoms with Crippen molar-refractivity contribution >= 4 is 34.1 Å². The summed E-state index contributed by atoms with van der Waals surface area (Å²) in [7, 11) is 1.31. The molecule has 5 nitrogen and oxygen atoms in total. The highest BCUT2D eigenvalue weighted by Gasteiger charge is 2.21. The van der Waals surface area contributed by atoms with Crippen LogP contribution in [-0.2, 0) is 0 Å². The van der Waals surface area contributed by atoms with Gasteiger partial charge < -0.3 is 4.74 Å². The molecule has 1 aromatic carbocycles. The number of rotatable bonds is 3. The average molecular weight is 250 g/mol. The van der Waals surface area contributed by atoms with Crippen LogP contribution in [0, 0.1) is 10.1 Å². The van der Waals surface area contributed by atoms with Crippen LogP contribution in [0.4, 0.5) is 5.69 Å². The lowest BCUT2D eigenvalue weighted by Gasteiger charge is -2.04. The smallest absolute Gasteiger partial charge is 0.292 e. The van der Waals surface area contributed by atoms with Gasteiger partial charge in [0, 0.05) is 0 Å². The van der Waals surface area contributed by atoms with Gasteiger partial charge in [-0.15, -0.1) is 0 Å². The van der Waals surface area contributed by atoms with Crippen molar-refractivity contribution in [3.05, 3.63) is 32.8 Å². The number of hydrogen-bond donors (Lipinski definition) is 0. The average Bonchev–Trinajstić information content (AvgIpc) is 2.17. The van der Waals surface area contributed by atoms with Crippen molar-refractivity contribution in [3.63, 3.8) is 0 Å². The summed E-state index contributed by atoms with van der Waals surface area (Å²) in [4.78, 5) is 20.8. The Labute approximate surface area is 94.7 Å². The summed E-state index contributed by atoms with van der Waals surface area (Å²) in [6, 6.07) is 2.36. The van der Waals surface area contributed by atoms with Gasteiger partial charge in [0.1, 0.15) is 10.8 Å². The van der Waals surface area contributed by atoms with E-state index in [4.69, 9.17) is 27.9 Å². The fourth-order valence-electron chi connectivity index (χ4n) is 0.977. The molecule has 0 heterocycles. The number of nitrogens with zero attached hydrogens (tertiary/aromatic N) is 1. The van der Waals surface area contributed by atoms with Gasteiger partial charge >= 0.3 is 0 Å². The highest BCUT2D eigenvalue weighted by Crippen LogP contribution is 2.33. The molecule has 0 aromatic heterocycles. The number of ether oxygens (including phenoxy) is 1. The molecule has 1 aromatic rings. The van der Waals surface area contributed by atoms with E-state index in [0.29, 0.717) is 0 Å². The molecule has 0 N–H and O–H groups in total. The standard InChI is InChI=1S/C8H5Cl2NO4/c1-15-4-2-5(8(10)12)7(9)6(3-4)11(13)14/h2-3H,1H3. The molecule has 0 radical (unpaired) electrons. The maximum atomic E-state index is 10.9. The zero-order chi connectivity index (χ0) is 11.6. The zero-order valence-corrected chi connectivity index (χ0v) is 9.00. The van der Waals surface area contributed by atoms with Crippen LogP contribution < -0.4 is 4.74 Å². The summed E-state index contributed by atoms with van der Waals surface area (Å²) >= 11 is 10.8. The first kappa shape index (κ1) is 11.7. The Morgan fingerprint density at radius 2 is 2.13 bits per heavy atom. The summed E-state index contributed by atoms with van der Waals surface area (Å²) in [5.74, 6) is 0.148. The number of nitro groups is 1. The van der Waals surface area contributed by atoms with Gasteiger partial charge in [-0.1, -0.05) is 11.6 Å². The first-order valence-electron chi connectivity index (χ1n) is 3.69. The van der Waals surface area contributed by atoms with E-state index in [1.54, 1.807) is 0 Å². The monoisotopic (exact) mass is 249 g/mol. The fraction of sp³-hybridized carbons (Fsp3) is 0.125. The SMILES string of the molecule is COc1cc(C(=O)Cl)c(Cl)c([N+](=O)[O-])c1. The van der Waals surface area contributed by atoms with Crippen molar-refractivity contribution in [1.29, 1.82) is 0 Å². The molecule has 1 rings (SSSR count). The molecule has 0 saturated heterocycles. The summed E-state index contributed by atoms with van der Waals surface area (Å²) in [6.07, 6.45) is 0. The van der Waals surface area contributed by atoms with E-state index in [-0.39, 0.29) is 16.3 Å². The Morgan fingerprint density at radius 1 is 1.53 bits per heavy atom. The van der Waals surface area contributed by atoms with E-state index in [2.05, 4.69) is 0 Å². The fourth-order valence-corrected chi connectivity index (χ4v) is 1.44. The number of methoxy groups -OCH3 is 1. The molecular formula is C8H5Cl2NO4. The van der Waals surface area contributed by atoms with Crippen molar-refractivity contribution in [2.75, 3.05) is 7.11 Å². The second kappa shape index (κ2) is 4.46. The lowest BCUT2D eigenvalue weighted by Crippen LogP contribution is -1.98. The van der Waals surface area contributed by atoms with Crippen molar-refractivity contribution in [2.45, 2.75) is 0 Å². The van der Waals surface area contributed by atoms with Gasteiger partial charge in [-0.25, -0.2) is 0 Å². The number of carbonyl (C=O) groups is 1. The molecule has 15 heavy (non-hydrogen) atoms. The molecule has 0 aliphatic carbocycles. The van der Waals surface area contributed by atoms with Gasteiger partial charge in [0.2, 0.25) is 0 Å². The minimum absolute atomic E-state index is 0.148. The molecule has 0 unspecified atom stereocenters. The summed E-state index contributed by atoms with van der Waals surface area (Å²) in [5.41, 5.74) is -0.565. The van der Waals surface area contributed by atoms with Crippen LogP contribution in [-0.4, -0.2) is 17.3 Å². The Kier molecular flexibility index (Phi) is 3.49. The Hall–Kier alpha value is -1.33. The third-order valence-corrected chi connectivity index (χ3v) is 2.27. The van der Waals surface area contributed by atoms with Gasteiger partial charge in [0.25, 0.3) is 10.9 Å². The van der Waals surface area contributed by atoms with E-state index >= 15 is 0 Å². The summed E-state index contributed by atoms with van der Waals surface area (Å²) in [6.45, 7) is 0. The predicted octanol–water partition coefficient (Wildman–Crippen LogP) is 2.64. The van der Waals surface area contributed by atoms with Crippen LogP contribution >= 0.6 is 23.2 Å². The molecule has 0 fully saturated rings. The highest BCUT2D eigenvalue weighted by atomic mass is 35.5. The van der Waals surface area contributed by atoms with E-state index < -0.39 is 15.9 Å². The Bertz CT molecular complexity index is 398. The topological polar surface area (TPSA) is 69.4 Å². The molecule has 0 spiro atoms. The van der Waals surface area contributed by atoms with Gasteiger partial charge in [-0.3, -0.25) is 14.9 Å². The van der Waals surface area contributed by atoms with Crippen LogP contribution in [0.1, 0.15) is 10.4 Å². The number of carbonyl (C=O) groups excluding carboxylic acids is 1. The number of hydrogen-bond acceptors (Lipinski definition) is 4. The highest BCUT2D eigenvalue weighted by molar-refractivity contribution is 6.69. The first-order chi connectivity index (χ1) is 6.97. The van der Waals surface area contributed by atoms with Crippen molar-refractivity contribution in [1.82, 2.24) is 0 Å². The van der Waals surface area contributed by atoms with E-state index in [0.717, 1.165) is 6.07 Å². The molecule has 0 saturated carbocycles. The normalized spacial score (nSPS) is 9.80. The van der Waals surface area contributed by atoms with Crippen molar-refractivity contribution in [3.8, 4) is 5.75 Å². The lowest BCUT2D eigenvalue weighted by molar-refractivity contribution is -0.384. The van der Waals surface area contributed by atoms with Crippen LogP contribution in [0.2, 0.25) is 5.02 Å². The van der Waals surface area contributed by atoms with Crippen molar-refractivity contribution < 1.29 is 14.5 Å². The molecular weight excluding hydrogens is 245 g/mol. The lowest BCUT2D eigenvalue weighted by atomic mass is 10.2. The minimum atomic E-state index is -0.873. The maximum absolute atomic E-state index is 10.9. The van der Waals surface area contributed by atoms with Crippen LogP contribution in [0.5, 0.6) is 5.75 Å². The van der Waals surface area contributed by atoms with Crippen LogP contribution in [0.3, 0.4) is 0 Å². The first-order valence-corrected chi connectivity index (χ1v) is 4.44. The van der Waals surface area contributed by atoms with Crippen LogP contribution in [0.15, 0.2) is 12.1 Å². The number of nitro benzene ring substituents is 1. The van der Waals surface area contributed by atoms with Gasteiger partial charge in [0.15, 0.2) is 0 Å². The number of halogens is 2. The summed E-state index contributed by atoms with van der Waals surface area (Å²) in [5, 5.41) is 9.41.